The summed E-state index contributed by atoms with van der Waals surface area (Å²) in [4.78, 5) is 11.9. The average Bonchev–Trinajstić information content (AvgIpc) is 3.13. The Balaban J connectivity index is 1.47. The molecule has 3 rings (SSSR count). The normalized spacial score (nSPS) is 11.0. The first-order valence-corrected chi connectivity index (χ1v) is 9.77. The number of amides is 1. The Morgan fingerprint density at radius 1 is 1.15 bits per heavy atom. The summed E-state index contributed by atoms with van der Waals surface area (Å²) >= 11 is 4.94. The highest BCUT2D eigenvalue weighted by molar-refractivity contribution is 9.10. The number of halogens is 1. The monoisotopic (exact) mass is 429 g/mol. The SMILES string of the molecule is O=C(CSCc1ccc(Br)cc1)NN=Cc1n[nH]nc1-c1ccccc1. The molecular weight excluding hydrogens is 414 g/mol. The van der Waals surface area contributed by atoms with Crippen LogP contribution < -0.4 is 5.43 Å². The molecule has 1 heterocycles. The Morgan fingerprint density at radius 2 is 1.92 bits per heavy atom. The summed E-state index contributed by atoms with van der Waals surface area (Å²) in [5.41, 5.74) is 5.87. The van der Waals surface area contributed by atoms with Gasteiger partial charge in [0.05, 0.1) is 12.0 Å². The average molecular weight is 430 g/mol. The van der Waals surface area contributed by atoms with Gasteiger partial charge in [-0.3, -0.25) is 4.79 Å². The maximum absolute atomic E-state index is 11.9. The fourth-order valence-electron chi connectivity index (χ4n) is 2.18. The van der Waals surface area contributed by atoms with E-state index < -0.39 is 0 Å². The van der Waals surface area contributed by atoms with Gasteiger partial charge in [-0.25, -0.2) is 5.43 Å². The topological polar surface area (TPSA) is 83.0 Å². The quantitative estimate of drug-likeness (QED) is 0.443. The van der Waals surface area contributed by atoms with E-state index in [1.54, 1.807) is 0 Å². The summed E-state index contributed by atoms with van der Waals surface area (Å²) in [6, 6.07) is 17.7. The maximum atomic E-state index is 11.9. The van der Waals surface area contributed by atoms with Crippen LogP contribution in [0.2, 0.25) is 0 Å². The van der Waals surface area contributed by atoms with Gasteiger partial charge in [0, 0.05) is 15.8 Å². The summed E-state index contributed by atoms with van der Waals surface area (Å²) in [7, 11) is 0. The van der Waals surface area contributed by atoms with Gasteiger partial charge < -0.3 is 0 Å². The number of carbonyl (C=O) groups is 1. The van der Waals surface area contributed by atoms with Crippen LogP contribution in [0, 0.1) is 0 Å². The molecule has 0 atom stereocenters. The minimum atomic E-state index is -0.159. The number of aromatic amines is 1. The second-order valence-corrected chi connectivity index (χ2v) is 7.24. The lowest BCUT2D eigenvalue weighted by atomic mass is 10.1. The number of carbonyl (C=O) groups excluding carboxylic acids is 1. The summed E-state index contributed by atoms with van der Waals surface area (Å²) in [5.74, 6) is 0.942. The van der Waals surface area contributed by atoms with Gasteiger partial charge in [-0.15, -0.1) is 11.8 Å². The molecule has 0 saturated carbocycles. The van der Waals surface area contributed by atoms with Crippen LogP contribution in [0.3, 0.4) is 0 Å². The Hall–Kier alpha value is -2.45. The van der Waals surface area contributed by atoms with E-state index in [4.69, 9.17) is 0 Å². The lowest BCUT2D eigenvalue weighted by Crippen LogP contribution is -2.19. The highest BCUT2D eigenvalue weighted by atomic mass is 79.9. The molecule has 8 heteroatoms. The minimum Gasteiger partial charge on any atom is -0.272 e. The lowest BCUT2D eigenvalue weighted by molar-refractivity contribution is -0.118. The molecule has 132 valence electrons. The van der Waals surface area contributed by atoms with Gasteiger partial charge in [0.1, 0.15) is 11.4 Å². The zero-order valence-corrected chi connectivity index (χ0v) is 16.1. The van der Waals surface area contributed by atoms with Crippen molar-refractivity contribution in [2.24, 2.45) is 5.10 Å². The predicted octanol–water partition coefficient (Wildman–Crippen LogP) is 3.62. The summed E-state index contributed by atoms with van der Waals surface area (Å²) in [6.07, 6.45) is 1.49. The first-order valence-electron chi connectivity index (χ1n) is 7.82. The number of H-pyrrole nitrogens is 1. The zero-order valence-electron chi connectivity index (χ0n) is 13.7. The van der Waals surface area contributed by atoms with Crippen molar-refractivity contribution in [3.63, 3.8) is 0 Å². The first-order chi connectivity index (χ1) is 12.7. The molecule has 0 fully saturated rings. The number of thioether (sulfide) groups is 1. The van der Waals surface area contributed by atoms with Crippen LogP contribution >= 0.6 is 27.7 Å². The van der Waals surface area contributed by atoms with Gasteiger partial charge >= 0.3 is 0 Å². The van der Waals surface area contributed by atoms with Crippen molar-refractivity contribution in [3.8, 4) is 11.3 Å². The van der Waals surface area contributed by atoms with E-state index in [0.717, 1.165) is 15.8 Å². The second-order valence-electron chi connectivity index (χ2n) is 5.34. The summed E-state index contributed by atoms with van der Waals surface area (Å²) in [6.45, 7) is 0. The molecule has 0 aliphatic rings. The van der Waals surface area contributed by atoms with Crippen molar-refractivity contribution in [1.82, 2.24) is 20.8 Å². The van der Waals surface area contributed by atoms with Crippen molar-refractivity contribution in [3.05, 3.63) is 70.3 Å². The van der Waals surface area contributed by atoms with E-state index >= 15 is 0 Å². The van der Waals surface area contributed by atoms with E-state index in [9.17, 15) is 4.79 Å². The Kier molecular flexibility index (Phi) is 6.56. The molecule has 0 aliphatic carbocycles. The fraction of sp³-hybridized carbons (Fsp3) is 0.111. The molecule has 1 amide bonds. The maximum Gasteiger partial charge on any atom is 0.250 e. The van der Waals surface area contributed by atoms with E-state index in [2.05, 4.69) is 41.9 Å². The lowest BCUT2D eigenvalue weighted by Gasteiger charge is -2.02. The number of aromatic nitrogens is 3. The highest BCUT2D eigenvalue weighted by Gasteiger charge is 2.08. The van der Waals surface area contributed by atoms with Gasteiger partial charge in [0.15, 0.2) is 0 Å². The van der Waals surface area contributed by atoms with Gasteiger partial charge in [-0.1, -0.05) is 58.4 Å². The first kappa shape index (κ1) is 18.3. The molecule has 1 aromatic heterocycles. The van der Waals surface area contributed by atoms with Crippen LogP contribution in [0.4, 0.5) is 0 Å². The van der Waals surface area contributed by atoms with Crippen molar-refractivity contribution >= 4 is 39.8 Å². The minimum absolute atomic E-state index is 0.159. The smallest absolute Gasteiger partial charge is 0.250 e. The molecule has 2 N–H and O–H groups in total. The molecule has 0 unspecified atom stereocenters. The van der Waals surface area contributed by atoms with Crippen LogP contribution in [-0.2, 0) is 10.5 Å². The second kappa shape index (κ2) is 9.30. The van der Waals surface area contributed by atoms with Gasteiger partial charge in [-0.05, 0) is 17.7 Å². The Labute approximate surface area is 163 Å². The van der Waals surface area contributed by atoms with E-state index in [1.807, 2.05) is 54.6 Å². The van der Waals surface area contributed by atoms with Crippen LogP contribution in [-0.4, -0.2) is 33.3 Å². The third-order valence-electron chi connectivity index (χ3n) is 3.41. The van der Waals surface area contributed by atoms with Crippen molar-refractivity contribution in [2.45, 2.75) is 5.75 Å². The van der Waals surface area contributed by atoms with E-state index in [-0.39, 0.29) is 5.91 Å². The molecule has 26 heavy (non-hydrogen) atoms. The molecule has 0 aliphatic heterocycles. The van der Waals surface area contributed by atoms with Crippen molar-refractivity contribution in [1.29, 1.82) is 0 Å². The van der Waals surface area contributed by atoms with Crippen LogP contribution in [0.25, 0.3) is 11.3 Å². The molecule has 2 aromatic carbocycles. The van der Waals surface area contributed by atoms with E-state index in [1.165, 1.54) is 23.5 Å². The summed E-state index contributed by atoms with van der Waals surface area (Å²) in [5, 5.41) is 14.7. The summed E-state index contributed by atoms with van der Waals surface area (Å²) < 4.78 is 1.04. The fourth-order valence-corrected chi connectivity index (χ4v) is 3.22. The molecule has 0 spiro atoms. The number of hydrogen-bond donors (Lipinski definition) is 2. The Morgan fingerprint density at radius 3 is 2.69 bits per heavy atom. The van der Waals surface area contributed by atoms with Gasteiger partial charge in [0.25, 0.3) is 0 Å². The molecular formula is C18H16BrN5OS. The number of hydrazone groups is 1. The number of rotatable bonds is 7. The van der Waals surface area contributed by atoms with Crippen molar-refractivity contribution in [2.75, 3.05) is 5.75 Å². The third-order valence-corrected chi connectivity index (χ3v) is 4.95. The van der Waals surface area contributed by atoms with Gasteiger partial charge in [0.2, 0.25) is 5.91 Å². The predicted molar refractivity (Wildman–Crippen MR) is 108 cm³/mol. The Bertz CT molecular complexity index is 880. The van der Waals surface area contributed by atoms with Crippen LogP contribution in [0.15, 0.2) is 64.2 Å². The standard InChI is InChI=1S/C18H16BrN5OS/c19-15-8-6-13(7-9-15)11-26-12-17(25)22-20-10-16-18(23-24-21-16)14-4-2-1-3-5-14/h1-10H,11-12H2,(H,22,25)(H,21,23,24). The van der Waals surface area contributed by atoms with Crippen LogP contribution in [0.1, 0.15) is 11.3 Å². The largest absolute Gasteiger partial charge is 0.272 e. The molecule has 3 aromatic rings. The number of hydrogen-bond acceptors (Lipinski definition) is 5. The zero-order chi connectivity index (χ0) is 18.2. The van der Waals surface area contributed by atoms with Crippen molar-refractivity contribution < 1.29 is 4.79 Å². The third kappa shape index (κ3) is 5.27. The molecule has 0 radical (unpaired) electrons. The van der Waals surface area contributed by atoms with Gasteiger partial charge in [-0.2, -0.15) is 20.5 Å². The number of benzene rings is 2. The molecule has 0 bridgehead atoms. The number of nitrogens with zero attached hydrogens (tertiary/aromatic N) is 3. The molecule has 0 saturated heterocycles. The van der Waals surface area contributed by atoms with E-state index in [0.29, 0.717) is 17.1 Å². The van der Waals surface area contributed by atoms with Crippen LogP contribution in [0.5, 0.6) is 0 Å². The highest BCUT2D eigenvalue weighted by Crippen LogP contribution is 2.17. The molecule has 6 nitrogen and oxygen atoms in total. The number of nitrogens with one attached hydrogen (secondary N) is 2.